The van der Waals surface area contributed by atoms with Gasteiger partial charge in [0.2, 0.25) is 10.0 Å². The normalized spacial score (nSPS) is 16.3. The molecule has 1 fully saturated rings. The smallest absolute Gasteiger partial charge is 0.243 e. The standard InChI is InChI=1S/C13H19FN2O2S/c1-15-8-11-5-6-13(12(14)7-11)19(17,18)16-9-10-3-2-4-10/h5-7,10,15-16H,2-4,8-9H2,1H3. The molecule has 1 aliphatic rings. The highest BCUT2D eigenvalue weighted by Gasteiger charge is 2.23. The van der Waals surface area contributed by atoms with Gasteiger partial charge in [0, 0.05) is 13.1 Å². The first-order valence-electron chi connectivity index (χ1n) is 6.45. The first kappa shape index (κ1) is 14.4. The summed E-state index contributed by atoms with van der Waals surface area (Å²) < 4.78 is 40.3. The molecule has 0 radical (unpaired) electrons. The molecule has 0 saturated heterocycles. The summed E-state index contributed by atoms with van der Waals surface area (Å²) in [4.78, 5) is -0.272. The Bertz CT molecular complexity index is 542. The molecular weight excluding hydrogens is 267 g/mol. The molecule has 0 heterocycles. The van der Waals surface area contributed by atoms with E-state index in [0.717, 1.165) is 24.8 Å². The van der Waals surface area contributed by atoms with Crippen molar-refractivity contribution in [2.75, 3.05) is 13.6 Å². The zero-order valence-corrected chi connectivity index (χ0v) is 11.8. The Labute approximate surface area is 113 Å². The Morgan fingerprint density at radius 2 is 2.11 bits per heavy atom. The summed E-state index contributed by atoms with van der Waals surface area (Å²) in [5, 5.41) is 2.89. The summed E-state index contributed by atoms with van der Waals surface area (Å²) in [6, 6.07) is 4.21. The molecule has 0 unspecified atom stereocenters. The number of nitrogens with one attached hydrogen (secondary N) is 2. The fraction of sp³-hybridized carbons (Fsp3) is 0.538. The predicted octanol–water partition coefficient (Wildman–Crippen LogP) is 1.62. The number of halogens is 1. The fourth-order valence-corrected chi connectivity index (χ4v) is 3.25. The number of hydrogen-bond acceptors (Lipinski definition) is 3. The summed E-state index contributed by atoms with van der Waals surface area (Å²) in [5.74, 6) is -0.296. The van der Waals surface area contributed by atoms with Crippen LogP contribution in [-0.4, -0.2) is 22.0 Å². The van der Waals surface area contributed by atoms with Crippen LogP contribution >= 0.6 is 0 Å². The number of hydrogen-bond donors (Lipinski definition) is 2. The summed E-state index contributed by atoms with van der Waals surface area (Å²) >= 11 is 0. The van der Waals surface area contributed by atoms with Crippen LogP contribution in [0.3, 0.4) is 0 Å². The van der Waals surface area contributed by atoms with Gasteiger partial charge in [-0.2, -0.15) is 0 Å². The van der Waals surface area contributed by atoms with Crippen LogP contribution in [0.5, 0.6) is 0 Å². The first-order chi connectivity index (χ1) is 9.03. The van der Waals surface area contributed by atoms with Crippen molar-refractivity contribution in [1.82, 2.24) is 10.0 Å². The third-order valence-corrected chi connectivity index (χ3v) is 4.91. The monoisotopic (exact) mass is 286 g/mol. The van der Waals surface area contributed by atoms with Crippen LogP contribution in [0.25, 0.3) is 0 Å². The van der Waals surface area contributed by atoms with Gasteiger partial charge >= 0.3 is 0 Å². The lowest BCUT2D eigenvalue weighted by atomic mass is 9.86. The van der Waals surface area contributed by atoms with E-state index in [1.807, 2.05) is 0 Å². The molecule has 0 spiro atoms. The van der Waals surface area contributed by atoms with Crippen LogP contribution < -0.4 is 10.0 Å². The molecule has 0 aromatic heterocycles. The highest BCUT2D eigenvalue weighted by Crippen LogP contribution is 2.26. The average Bonchev–Trinajstić information content (AvgIpc) is 2.26. The molecule has 0 amide bonds. The van der Waals surface area contributed by atoms with Crippen LogP contribution in [0.15, 0.2) is 23.1 Å². The fourth-order valence-electron chi connectivity index (χ4n) is 2.08. The Balaban J connectivity index is 2.10. The van der Waals surface area contributed by atoms with Crippen molar-refractivity contribution in [2.24, 2.45) is 5.92 Å². The van der Waals surface area contributed by atoms with E-state index in [2.05, 4.69) is 10.0 Å². The summed E-state index contributed by atoms with van der Waals surface area (Å²) in [6.07, 6.45) is 3.25. The maximum absolute atomic E-state index is 13.8. The van der Waals surface area contributed by atoms with Crippen LogP contribution in [0, 0.1) is 11.7 Å². The van der Waals surface area contributed by atoms with E-state index in [-0.39, 0.29) is 4.90 Å². The molecule has 2 N–H and O–H groups in total. The van der Waals surface area contributed by atoms with E-state index >= 15 is 0 Å². The third kappa shape index (κ3) is 3.52. The maximum Gasteiger partial charge on any atom is 0.243 e. The Kier molecular flexibility index (Phi) is 4.54. The van der Waals surface area contributed by atoms with Crippen molar-refractivity contribution in [3.05, 3.63) is 29.6 Å². The highest BCUT2D eigenvalue weighted by molar-refractivity contribution is 7.89. The molecule has 4 nitrogen and oxygen atoms in total. The van der Waals surface area contributed by atoms with Gasteiger partial charge in [0.25, 0.3) is 0 Å². The van der Waals surface area contributed by atoms with Gasteiger partial charge in [-0.15, -0.1) is 0 Å². The predicted molar refractivity (Wildman–Crippen MR) is 71.7 cm³/mol. The Hall–Kier alpha value is -0.980. The van der Waals surface area contributed by atoms with Crippen LogP contribution in [0.1, 0.15) is 24.8 Å². The molecule has 2 rings (SSSR count). The zero-order chi connectivity index (χ0) is 13.9. The van der Waals surface area contributed by atoms with Crippen molar-refractivity contribution in [2.45, 2.75) is 30.7 Å². The maximum atomic E-state index is 13.8. The van der Waals surface area contributed by atoms with Gasteiger partial charge in [-0.25, -0.2) is 17.5 Å². The number of rotatable bonds is 6. The van der Waals surface area contributed by atoms with Crippen molar-refractivity contribution >= 4 is 10.0 Å². The van der Waals surface area contributed by atoms with Crippen molar-refractivity contribution in [3.8, 4) is 0 Å². The molecule has 1 saturated carbocycles. The van der Waals surface area contributed by atoms with E-state index in [0.29, 0.717) is 19.0 Å². The minimum absolute atomic E-state index is 0.272. The van der Waals surface area contributed by atoms with Crippen LogP contribution in [0.2, 0.25) is 0 Å². The lowest BCUT2D eigenvalue weighted by Gasteiger charge is -2.25. The van der Waals surface area contributed by atoms with Gasteiger partial charge in [0.1, 0.15) is 10.7 Å². The van der Waals surface area contributed by atoms with Gasteiger partial charge in [-0.05, 0) is 43.5 Å². The van der Waals surface area contributed by atoms with Gasteiger partial charge < -0.3 is 5.32 Å². The molecule has 1 aromatic carbocycles. The van der Waals surface area contributed by atoms with Gasteiger partial charge in [-0.3, -0.25) is 0 Å². The van der Waals surface area contributed by atoms with E-state index in [1.165, 1.54) is 12.1 Å². The largest absolute Gasteiger partial charge is 0.316 e. The lowest BCUT2D eigenvalue weighted by Crippen LogP contribution is -2.32. The molecule has 19 heavy (non-hydrogen) atoms. The number of sulfonamides is 1. The molecule has 6 heteroatoms. The minimum Gasteiger partial charge on any atom is -0.316 e. The Morgan fingerprint density at radius 3 is 2.63 bits per heavy atom. The van der Waals surface area contributed by atoms with E-state index in [9.17, 15) is 12.8 Å². The lowest BCUT2D eigenvalue weighted by molar-refractivity contribution is 0.316. The molecule has 0 bridgehead atoms. The van der Waals surface area contributed by atoms with Crippen molar-refractivity contribution in [1.29, 1.82) is 0 Å². The molecule has 0 atom stereocenters. The molecule has 106 valence electrons. The summed E-state index contributed by atoms with van der Waals surface area (Å²) in [6.45, 7) is 0.910. The second-order valence-electron chi connectivity index (χ2n) is 4.94. The third-order valence-electron chi connectivity index (χ3n) is 3.45. The molecule has 1 aliphatic carbocycles. The SMILES string of the molecule is CNCc1ccc(S(=O)(=O)NCC2CCC2)c(F)c1. The molecule has 0 aliphatic heterocycles. The zero-order valence-electron chi connectivity index (χ0n) is 10.9. The van der Waals surface area contributed by atoms with Gasteiger partial charge in [-0.1, -0.05) is 12.5 Å². The topological polar surface area (TPSA) is 58.2 Å². The van der Waals surface area contributed by atoms with E-state index < -0.39 is 15.8 Å². The average molecular weight is 286 g/mol. The summed E-state index contributed by atoms with van der Waals surface area (Å²) in [5.41, 5.74) is 0.720. The summed E-state index contributed by atoms with van der Waals surface area (Å²) in [7, 11) is -1.99. The van der Waals surface area contributed by atoms with Crippen LogP contribution in [0.4, 0.5) is 4.39 Å². The quantitative estimate of drug-likeness (QED) is 0.835. The molecular formula is C13H19FN2O2S. The van der Waals surface area contributed by atoms with Crippen LogP contribution in [-0.2, 0) is 16.6 Å². The Morgan fingerprint density at radius 1 is 1.37 bits per heavy atom. The van der Waals surface area contributed by atoms with E-state index in [1.54, 1.807) is 13.1 Å². The second kappa shape index (κ2) is 5.98. The van der Waals surface area contributed by atoms with Gasteiger partial charge in [0.15, 0.2) is 0 Å². The minimum atomic E-state index is -3.74. The van der Waals surface area contributed by atoms with Crippen molar-refractivity contribution < 1.29 is 12.8 Å². The molecule has 1 aromatic rings. The highest BCUT2D eigenvalue weighted by atomic mass is 32.2. The van der Waals surface area contributed by atoms with E-state index in [4.69, 9.17) is 0 Å². The second-order valence-corrected chi connectivity index (χ2v) is 6.68. The number of benzene rings is 1. The first-order valence-corrected chi connectivity index (χ1v) is 7.94. The van der Waals surface area contributed by atoms with Gasteiger partial charge in [0.05, 0.1) is 0 Å². The van der Waals surface area contributed by atoms with Crippen molar-refractivity contribution in [3.63, 3.8) is 0 Å².